The van der Waals surface area contributed by atoms with Gasteiger partial charge in [0.05, 0.1) is 0 Å². The third-order valence-corrected chi connectivity index (χ3v) is 3.92. The Morgan fingerprint density at radius 1 is 1.43 bits per heavy atom. The van der Waals surface area contributed by atoms with Crippen LogP contribution in [0.4, 0.5) is 4.39 Å². The molecule has 3 rings (SSSR count). The Labute approximate surface area is 133 Å². The Morgan fingerprint density at radius 2 is 2.22 bits per heavy atom. The van der Waals surface area contributed by atoms with Gasteiger partial charge >= 0.3 is 0 Å². The average Bonchev–Trinajstić information content (AvgIpc) is 3.04. The topological polar surface area (TPSA) is 68.5 Å². The zero-order valence-corrected chi connectivity index (χ0v) is 12.9. The lowest BCUT2D eigenvalue weighted by Crippen LogP contribution is -2.39. The number of ether oxygens (including phenoxy) is 1. The number of hydrogen-bond donors (Lipinski definition) is 0. The fraction of sp³-hybridized carbons (Fsp3) is 0.438. The highest BCUT2D eigenvalue weighted by Gasteiger charge is 2.28. The summed E-state index contributed by atoms with van der Waals surface area (Å²) in [6.45, 7) is 1.48. The molecule has 2 aromatic rings. The molecule has 1 unspecified atom stereocenters. The third kappa shape index (κ3) is 3.56. The van der Waals surface area contributed by atoms with Crippen molar-refractivity contribution in [3.8, 4) is 0 Å². The van der Waals surface area contributed by atoms with Crippen molar-refractivity contribution >= 4 is 5.91 Å². The van der Waals surface area contributed by atoms with Gasteiger partial charge in [0.15, 0.2) is 5.82 Å². The Balaban J connectivity index is 1.69. The van der Waals surface area contributed by atoms with Crippen LogP contribution >= 0.6 is 0 Å². The molecule has 1 saturated heterocycles. The van der Waals surface area contributed by atoms with E-state index in [1.807, 2.05) is 0 Å². The predicted octanol–water partition coefficient (Wildman–Crippen LogP) is 2.37. The number of halogens is 1. The molecule has 1 aromatic carbocycles. The van der Waals surface area contributed by atoms with Crippen molar-refractivity contribution < 1.29 is 18.4 Å². The summed E-state index contributed by atoms with van der Waals surface area (Å²) in [6.07, 6.45) is 1.77. The van der Waals surface area contributed by atoms with Gasteiger partial charge in [-0.25, -0.2) is 4.39 Å². The molecule has 7 heteroatoms. The molecule has 122 valence electrons. The number of piperidine rings is 1. The first kappa shape index (κ1) is 15.6. The van der Waals surface area contributed by atoms with E-state index in [-0.39, 0.29) is 24.2 Å². The lowest BCUT2D eigenvalue weighted by atomic mass is 9.96. The van der Waals surface area contributed by atoms with E-state index in [4.69, 9.17) is 9.26 Å². The summed E-state index contributed by atoms with van der Waals surface area (Å²) < 4.78 is 23.1. The number of carbonyl (C=O) groups is 1. The second kappa shape index (κ2) is 6.87. The normalized spacial score (nSPS) is 18.2. The van der Waals surface area contributed by atoms with Crippen LogP contribution in [0, 0.1) is 5.82 Å². The van der Waals surface area contributed by atoms with E-state index < -0.39 is 0 Å². The number of aromatic nitrogens is 2. The molecule has 1 aliphatic rings. The van der Waals surface area contributed by atoms with Crippen molar-refractivity contribution in [3.63, 3.8) is 0 Å². The van der Waals surface area contributed by atoms with E-state index in [9.17, 15) is 9.18 Å². The molecule has 0 bridgehead atoms. The van der Waals surface area contributed by atoms with Crippen LogP contribution in [-0.4, -0.2) is 41.1 Å². The van der Waals surface area contributed by atoms with Crippen molar-refractivity contribution in [1.29, 1.82) is 0 Å². The minimum Gasteiger partial charge on any atom is -0.375 e. The molecule has 0 radical (unpaired) electrons. The van der Waals surface area contributed by atoms with Gasteiger partial charge in [0, 0.05) is 31.7 Å². The lowest BCUT2D eigenvalue weighted by molar-refractivity contribution is 0.0703. The van der Waals surface area contributed by atoms with Gasteiger partial charge in [0.25, 0.3) is 11.8 Å². The van der Waals surface area contributed by atoms with Gasteiger partial charge in [0.1, 0.15) is 12.4 Å². The number of nitrogens with zero attached hydrogens (tertiary/aromatic N) is 3. The summed E-state index contributed by atoms with van der Waals surface area (Å²) >= 11 is 0. The Bertz CT molecular complexity index is 671. The zero-order chi connectivity index (χ0) is 16.2. The van der Waals surface area contributed by atoms with Crippen molar-refractivity contribution in [1.82, 2.24) is 15.0 Å². The molecule has 2 heterocycles. The fourth-order valence-electron chi connectivity index (χ4n) is 2.76. The quantitative estimate of drug-likeness (QED) is 0.865. The van der Waals surface area contributed by atoms with Gasteiger partial charge in [-0.15, -0.1) is 0 Å². The molecule has 1 aliphatic heterocycles. The SMILES string of the molecule is COCc1nc(C2CCCN(C(=O)c3ccc(F)cc3)C2)no1. The van der Waals surface area contributed by atoms with Crippen LogP contribution in [0.15, 0.2) is 28.8 Å². The Hall–Kier alpha value is -2.28. The van der Waals surface area contributed by atoms with Crippen molar-refractivity contribution in [2.45, 2.75) is 25.4 Å². The van der Waals surface area contributed by atoms with Gasteiger partial charge < -0.3 is 14.2 Å². The number of likely N-dealkylation sites (tertiary alicyclic amines) is 1. The smallest absolute Gasteiger partial charge is 0.253 e. The van der Waals surface area contributed by atoms with Crippen LogP contribution in [0.5, 0.6) is 0 Å². The number of carbonyl (C=O) groups excluding carboxylic acids is 1. The van der Waals surface area contributed by atoms with Crippen LogP contribution < -0.4 is 0 Å². The molecule has 6 nitrogen and oxygen atoms in total. The standard InChI is InChI=1S/C16H18FN3O3/c1-22-10-14-18-15(19-23-14)12-3-2-8-20(9-12)16(21)11-4-6-13(17)7-5-11/h4-7,12H,2-3,8-10H2,1H3. The maximum atomic E-state index is 13.0. The Kier molecular flexibility index (Phi) is 4.66. The average molecular weight is 319 g/mol. The van der Waals surface area contributed by atoms with Crippen molar-refractivity contribution in [2.24, 2.45) is 0 Å². The summed E-state index contributed by atoms with van der Waals surface area (Å²) in [5.41, 5.74) is 0.486. The van der Waals surface area contributed by atoms with Crippen LogP contribution in [0.25, 0.3) is 0 Å². The first-order valence-electron chi connectivity index (χ1n) is 7.53. The molecule has 0 N–H and O–H groups in total. The van der Waals surface area contributed by atoms with E-state index >= 15 is 0 Å². The van der Waals surface area contributed by atoms with Gasteiger partial charge in [-0.1, -0.05) is 5.16 Å². The number of rotatable bonds is 4. The molecule has 0 aliphatic carbocycles. The molecule has 1 amide bonds. The largest absolute Gasteiger partial charge is 0.375 e. The van der Waals surface area contributed by atoms with Crippen LogP contribution in [0.1, 0.15) is 40.8 Å². The first-order chi connectivity index (χ1) is 11.2. The maximum Gasteiger partial charge on any atom is 0.253 e. The molecular weight excluding hydrogens is 301 g/mol. The van der Waals surface area contributed by atoms with Crippen molar-refractivity contribution in [3.05, 3.63) is 47.4 Å². The molecule has 0 saturated carbocycles. The predicted molar refractivity (Wildman–Crippen MR) is 79.3 cm³/mol. The van der Waals surface area contributed by atoms with E-state index in [1.165, 1.54) is 24.3 Å². The number of methoxy groups -OCH3 is 1. The molecule has 23 heavy (non-hydrogen) atoms. The summed E-state index contributed by atoms with van der Waals surface area (Å²) in [5, 5.41) is 3.98. The lowest BCUT2D eigenvalue weighted by Gasteiger charge is -2.31. The third-order valence-electron chi connectivity index (χ3n) is 3.92. The summed E-state index contributed by atoms with van der Waals surface area (Å²) in [7, 11) is 1.56. The zero-order valence-electron chi connectivity index (χ0n) is 12.9. The highest BCUT2D eigenvalue weighted by atomic mass is 19.1. The van der Waals surface area contributed by atoms with Gasteiger partial charge in [-0.05, 0) is 37.1 Å². The van der Waals surface area contributed by atoms with Crippen molar-refractivity contribution in [2.75, 3.05) is 20.2 Å². The van der Waals surface area contributed by atoms with E-state index in [1.54, 1.807) is 12.0 Å². The number of amides is 1. The van der Waals surface area contributed by atoms with Gasteiger partial charge in [-0.2, -0.15) is 4.98 Å². The molecule has 0 spiro atoms. The highest BCUT2D eigenvalue weighted by Crippen LogP contribution is 2.26. The molecule has 1 aromatic heterocycles. The summed E-state index contributed by atoms with van der Waals surface area (Å²) in [4.78, 5) is 18.6. The number of hydrogen-bond acceptors (Lipinski definition) is 5. The van der Waals surface area contributed by atoms with E-state index in [0.717, 1.165) is 12.8 Å². The second-order valence-electron chi connectivity index (χ2n) is 5.58. The minimum atomic E-state index is -0.351. The monoisotopic (exact) mass is 319 g/mol. The minimum absolute atomic E-state index is 0.0440. The molecule has 1 fully saturated rings. The van der Waals surface area contributed by atoms with Gasteiger partial charge in [-0.3, -0.25) is 4.79 Å². The summed E-state index contributed by atoms with van der Waals surface area (Å²) in [6, 6.07) is 5.61. The van der Waals surface area contributed by atoms with Crippen LogP contribution in [-0.2, 0) is 11.3 Å². The number of benzene rings is 1. The maximum absolute atomic E-state index is 13.0. The second-order valence-corrected chi connectivity index (χ2v) is 5.58. The molecule has 1 atom stereocenters. The van der Waals surface area contributed by atoms with Crippen LogP contribution in [0.3, 0.4) is 0 Å². The highest BCUT2D eigenvalue weighted by molar-refractivity contribution is 5.94. The summed E-state index contributed by atoms with van der Waals surface area (Å²) in [5.74, 6) is 0.631. The molecular formula is C16H18FN3O3. The fourth-order valence-corrected chi connectivity index (χ4v) is 2.76. The van der Waals surface area contributed by atoms with E-state index in [2.05, 4.69) is 10.1 Å². The Morgan fingerprint density at radius 3 is 2.96 bits per heavy atom. The van der Waals surface area contributed by atoms with Crippen LogP contribution in [0.2, 0.25) is 0 Å². The van der Waals surface area contributed by atoms with Gasteiger partial charge in [0.2, 0.25) is 0 Å². The van der Waals surface area contributed by atoms with E-state index in [0.29, 0.717) is 30.4 Å². The first-order valence-corrected chi connectivity index (χ1v) is 7.53.